The zero-order valence-electron chi connectivity index (χ0n) is 21.9. The molecule has 0 fully saturated rings. The molecule has 0 bridgehead atoms. The molecule has 2 unspecified atom stereocenters. The number of H-pyrrole nitrogens is 1. The molecule has 0 aliphatic carbocycles. The van der Waals surface area contributed by atoms with Crippen LogP contribution in [0.1, 0.15) is 55.6 Å². The number of allylic oxidation sites excluding steroid dienone is 3. The van der Waals surface area contributed by atoms with Gasteiger partial charge in [-0.05, 0) is 73.9 Å². The van der Waals surface area contributed by atoms with Crippen LogP contribution in [0.4, 0.5) is 19.0 Å². The van der Waals surface area contributed by atoms with Crippen molar-refractivity contribution in [3.05, 3.63) is 101 Å². The molecule has 7 nitrogen and oxygen atoms in total. The molecule has 1 aliphatic rings. The van der Waals surface area contributed by atoms with E-state index in [0.717, 1.165) is 23.4 Å². The smallest absolute Gasteiger partial charge is 0.364 e. The summed E-state index contributed by atoms with van der Waals surface area (Å²) in [4.78, 5) is 13.6. The van der Waals surface area contributed by atoms with Crippen molar-refractivity contribution < 1.29 is 13.2 Å². The lowest BCUT2D eigenvalue weighted by molar-refractivity contribution is -0.137. The number of aromatic amines is 1. The van der Waals surface area contributed by atoms with E-state index < -0.39 is 11.7 Å². The van der Waals surface area contributed by atoms with E-state index in [1.54, 1.807) is 30.6 Å². The molecule has 0 spiro atoms. The molecule has 4 rings (SSSR count). The Morgan fingerprint density at radius 3 is 2.59 bits per heavy atom. The molecule has 1 aliphatic heterocycles. The highest BCUT2D eigenvalue weighted by molar-refractivity contribution is 6.10. The van der Waals surface area contributed by atoms with Crippen molar-refractivity contribution in [2.24, 2.45) is 15.9 Å². The lowest BCUT2D eigenvalue weighted by atomic mass is 9.99. The first kappa shape index (κ1) is 27.6. The molecule has 3 N–H and O–H groups in total. The van der Waals surface area contributed by atoms with Gasteiger partial charge in [-0.25, -0.2) is 4.99 Å². The molecule has 10 heteroatoms. The number of guanidine groups is 1. The fourth-order valence-electron chi connectivity index (χ4n) is 3.91. The maximum atomic E-state index is 13.2. The fourth-order valence-corrected chi connectivity index (χ4v) is 3.91. The van der Waals surface area contributed by atoms with Crippen LogP contribution in [0, 0.1) is 5.92 Å². The summed E-state index contributed by atoms with van der Waals surface area (Å²) in [6.45, 7) is 5.95. The summed E-state index contributed by atoms with van der Waals surface area (Å²) in [5, 5.41) is 13.8. The first-order chi connectivity index (χ1) is 18.7. The van der Waals surface area contributed by atoms with E-state index in [1.807, 2.05) is 57.2 Å². The van der Waals surface area contributed by atoms with E-state index in [1.165, 1.54) is 6.07 Å². The van der Waals surface area contributed by atoms with Gasteiger partial charge in [0.05, 0.1) is 17.3 Å². The number of alkyl halides is 3. The number of benzene rings is 1. The van der Waals surface area contributed by atoms with Crippen molar-refractivity contribution in [3.63, 3.8) is 0 Å². The Balaban J connectivity index is 1.65. The molecule has 202 valence electrons. The minimum absolute atomic E-state index is 0.0325. The average molecular weight is 534 g/mol. The van der Waals surface area contributed by atoms with Gasteiger partial charge in [0.1, 0.15) is 5.82 Å². The first-order valence-electron chi connectivity index (χ1n) is 12.6. The molecule has 3 heterocycles. The Bertz CT molecular complexity index is 1420. The number of aromatic nitrogens is 3. The highest BCUT2D eigenvalue weighted by Gasteiger charge is 2.30. The Labute approximate surface area is 225 Å². The van der Waals surface area contributed by atoms with Crippen LogP contribution >= 0.6 is 0 Å². The van der Waals surface area contributed by atoms with Crippen molar-refractivity contribution in [2.45, 2.75) is 39.4 Å². The van der Waals surface area contributed by atoms with Crippen LogP contribution in [0.5, 0.6) is 0 Å². The van der Waals surface area contributed by atoms with Crippen molar-refractivity contribution >= 4 is 29.6 Å². The second kappa shape index (κ2) is 12.4. The van der Waals surface area contributed by atoms with E-state index in [-0.39, 0.29) is 12.0 Å². The van der Waals surface area contributed by atoms with Crippen LogP contribution < -0.4 is 10.6 Å². The number of hydrogen-bond donors (Lipinski definition) is 3. The summed E-state index contributed by atoms with van der Waals surface area (Å²) in [6.07, 6.45) is 8.85. The SMILES string of the molecule is C/C=C/c1cc(NC2=N/C(NC(C)c3ccncc3)=C/CC(C)C(/C=C/c3cccc(C(F)(F)F)c3)=N\2)n[nH]1. The third-order valence-electron chi connectivity index (χ3n) is 6.05. The lowest BCUT2D eigenvalue weighted by Gasteiger charge is -2.19. The molecular formula is C29H30F3N7. The van der Waals surface area contributed by atoms with Gasteiger partial charge in [0.15, 0.2) is 5.82 Å². The molecule has 1 aromatic carbocycles. The average Bonchev–Trinajstić information content (AvgIpc) is 3.35. The topological polar surface area (TPSA) is 90.3 Å². The van der Waals surface area contributed by atoms with E-state index in [2.05, 4.69) is 25.8 Å². The molecule has 0 saturated carbocycles. The van der Waals surface area contributed by atoms with Gasteiger partial charge in [0, 0.05) is 30.1 Å². The molecule has 0 amide bonds. The number of anilines is 1. The van der Waals surface area contributed by atoms with Crippen molar-refractivity contribution in [1.29, 1.82) is 0 Å². The van der Waals surface area contributed by atoms with Gasteiger partial charge >= 0.3 is 6.18 Å². The predicted octanol–water partition coefficient (Wildman–Crippen LogP) is 7.01. The van der Waals surface area contributed by atoms with E-state index in [4.69, 9.17) is 9.98 Å². The largest absolute Gasteiger partial charge is 0.416 e. The molecule has 2 atom stereocenters. The van der Waals surface area contributed by atoms with Gasteiger partial charge in [-0.2, -0.15) is 23.3 Å². The van der Waals surface area contributed by atoms with Crippen LogP contribution in [0.2, 0.25) is 0 Å². The molecule has 2 aromatic heterocycles. The number of rotatable bonds is 7. The van der Waals surface area contributed by atoms with Crippen LogP contribution in [0.15, 0.2) is 88.9 Å². The fraction of sp³-hybridized carbons (Fsp3) is 0.241. The summed E-state index contributed by atoms with van der Waals surface area (Å²) < 4.78 is 39.5. The van der Waals surface area contributed by atoms with Crippen LogP contribution in [0.25, 0.3) is 12.2 Å². The molecule has 0 saturated heterocycles. The summed E-state index contributed by atoms with van der Waals surface area (Å²) in [6, 6.07) is 10.9. The molecule has 3 aromatic rings. The number of aliphatic imine (C=N–C) groups is 2. The highest BCUT2D eigenvalue weighted by Crippen LogP contribution is 2.30. The number of pyridine rings is 1. The maximum absolute atomic E-state index is 13.2. The molecular weight excluding hydrogens is 503 g/mol. The third kappa shape index (κ3) is 7.76. The second-order valence-electron chi connectivity index (χ2n) is 9.13. The normalized spacial score (nSPS) is 21.3. The van der Waals surface area contributed by atoms with Gasteiger partial charge in [-0.15, -0.1) is 0 Å². The summed E-state index contributed by atoms with van der Waals surface area (Å²) in [7, 11) is 0. The Kier molecular flexibility index (Phi) is 8.75. The zero-order valence-corrected chi connectivity index (χ0v) is 21.9. The van der Waals surface area contributed by atoms with Crippen LogP contribution in [-0.4, -0.2) is 26.9 Å². The van der Waals surface area contributed by atoms with Crippen molar-refractivity contribution in [2.75, 3.05) is 5.32 Å². The van der Waals surface area contributed by atoms with Gasteiger partial charge < -0.3 is 10.6 Å². The third-order valence-corrected chi connectivity index (χ3v) is 6.05. The molecule has 39 heavy (non-hydrogen) atoms. The minimum Gasteiger partial charge on any atom is -0.364 e. The number of nitrogens with zero attached hydrogens (tertiary/aromatic N) is 4. The summed E-state index contributed by atoms with van der Waals surface area (Å²) >= 11 is 0. The van der Waals surface area contributed by atoms with E-state index >= 15 is 0 Å². The number of halogens is 3. The Morgan fingerprint density at radius 1 is 1.05 bits per heavy atom. The van der Waals surface area contributed by atoms with Crippen molar-refractivity contribution in [1.82, 2.24) is 20.5 Å². The van der Waals surface area contributed by atoms with E-state index in [9.17, 15) is 13.2 Å². The van der Waals surface area contributed by atoms with Crippen LogP contribution in [-0.2, 0) is 6.18 Å². The zero-order chi connectivity index (χ0) is 27.8. The molecule has 0 radical (unpaired) electrons. The van der Waals surface area contributed by atoms with Gasteiger partial charge in [0.25, 0.3) is 0 Å². The second-order valence-corrected chi connectivity index (χ2v) is 9.13. The summed E-state index contributed by atoms with van der Waals surface area (Å²) in [5.74, 6) is 1.43. The van der Waals surface area contributed by atoms with Crippen molar-refractivity contribution in [3.8, 4) is 0 Å². The highest BCUT2D eigenvalue weighted by atomic mass is 19.4. The van der Waals surface area contributed by atoms with Crippen LogP contribution in [0.3, 0.4) is 0 Å². The minimum atomic E-state index is -4.41. The number of nitrogens with one attached hydrogen (secondary N) is 3. The van der Waals surface area contributed by atoms with E-state index in [0.29, 0.717) is 35.3 Å². The maximum Gasteiger partial charge on any atom is 0.416 e. The first-order valence-corrected chi connectivity index (χ1v) is 12.6. The predicted molar refractivity (Wildman–Crippen MR) is 150 cm³/mol. The van der Waals surface area contributed by atoms with Gasteiger partial charge in [-0.3, -0.25) is 10.1 Å². The standard InChI is InChI=1S/C29H30F3N7/c1-4-6-24-18-27(39-38-24)37-28-35-25(11-10-21-7-5-8-23(17-21)29(30,31)32)19(2)9-12-26(36-28)34-20(3)22-13-15-33-16-14-22/h4-8,10-20,34H,9H2,1-3H3,(H2,36,37,38,39)/b6-4+,11-10+,26-12+,35-25-. The quantitative estimate of drug-likeness (QED) is 0.305. The summed E-state index contributed by atoms with van der Waals surface area (Å²) in [5.41, 5.74) is 2.27. The van der Waals surface area contributed by atoms with Gasteiger partial charge in [-0.1, -0.05) is 31.2 Å². The Hall–Kier alpha value is -4.47. The lowest BCUT2D eigenvalue weighted by Crippen LogP contribution is -2.23. The van der Waals surface area contributed by atoms with Gasteiger partial charge in [0.2, 0.25) is 5.96 Å². The Morgan fingerprint density at radius 2 is 1.85 bits per heavy atom. The monoisotopic (exact) mass is 533 g/mol. The number of hydrogen-bond acceptors (Lipinski definition) is 6.